The van der Waals surface area contributed by atoms with Crippen molar-refractivity contribution in [3.8, 4) is 0 Å². The molecule has 23 heavy (non-hydrogen) atoms. The van der Waals surface area contributed by atoms with Crippen LogP contribution in [0.3, 0.4) is 0 Å². The average Bonchev–Trinajstić information content (AvgIpc) is 3.08. The highest BCUT2D eigenvalue weighted by atomic mass is 32.2. The summed E-state index contributed by atoms with van der Waals surface area (Å²) in [6.07, 6.45) is 0. The number of carbonyl (C=O) groups excluding carboxylic acids is 1. The molecule has 0 aliphatic carbocycles. The maximum absolute atomic E-state index is 12.3. The molecule has 3 N–H and O–H groups in total. The number of nitrogens with zero attached hydrogens (tertiary/aromatic N) is 2. The molecule has 0 bridgehead atoms. The molecule has 0 aliphatic rings. The Kier molecular flexibility index (Phi) is 4.49. The van der Waals surface area contributed by atoms with Crippen molar-refractivity contribution in [2.75, 3.05) is 11.1 Å². The predicted molar refractivity (Wildman–Crippen MR) is 92.6 cm³/mol. The van der Waals surface area contributed by atoms with E-state index in [0.29, 0.717) is 16.6 Å². The lowest BCUT2D eigenvalue weighted by atomic mass is 10.1. The van der Waals surface area contributed by atoms with E-state index >= 15 is 0 Å². The van der Waals surface area contributed by atoms with Gasteiger partial charge in [-0.1, -0.05) is 23.1 Å². The van der Waals surface area contributed by atoms with Crippen LogP contribution in [0.4, 0.5) is 5.13 Å². The highest BCUT2D eigenvalue weighted by molar-refractivity contribution is 8.01. The molecule has 3 aromatic rings. The molecule has 0 aliphatic heterocycles. The minimum atomic E-state index is -0.280. The monoisotopic (exact) mass is 349 g/mol. The van der Waals surface area contributed by atoms with Crippen molar-refractivity contribution >= 4 is 45.0 Å². The van der Waals surface area contributed by atoms with E-state index < -0.39 is 0 Å². The molecule has 2 aromatic heterocycles. The highest BCUT2D eigenvalue weighted by Crippen LogP contribution is 2.26. The van der Waals surface area contributed by atoms with Crippen LogP contribution in [0, 0.1) is 0 Å². The van der Waals surface area contributed by atoms with E-state index in [4.69, 9.17) is 0 Å². The molecule has 2 heterocycles. The zero-order chi connectivity index (χ0) is 16.4. The summed E-state index contributed by atoms with van der Waals surface area (Å²) in [5.41, 5.74) is 1.60. The first-order valence-electron chi connectivity index (χ1n) is 6.99. The maximum atomic E-state index is 12.3. The van der Waals surface area contributed by atoms with Crippen molar-refractivity contribution in [3.05, 3.63) is 34.2 Å². The van der Waals surface area contributed by atoms with Crippen LogP contribution in [0.25, 0.3) is 11.0 Å². The van der Waals surface area contributed by atoms with Gasteiger partial charge in [0, 0.05) is 11.6 Å². The summed E-state index contributed by atoms with van der Waals surface area (Å²) in [6, 6.07) is 5.40. The van der Waals surface area contributed by atoms with Crippen LogP contribution >= 0.6 is 23.1 Å². The summed E-state index contributed by atoms with van der Waals surface area (Å²) < 4.78 is 0.748. The minimum Gasteiger partial charge on any atom is -0.358 e. The lowest BCUT2D eigenvalue weighted by molar-refractivity contribution is 0.102. The Hall–Kier alpha value is -2.13. The molecule has 3 rings (SSSR count). The standard InChI is InChI=1S/C14H15N5O2S2/c1-7(2)15-13-18-19-14(23-13)22-6-11(20)8-3-4-9-10(5-8)17-12(21)16-9/h3-5,7H,6H2,1-2H3,(H,15,18)(H2,16,17,21). The van der Waals surface area contributed by atoms with E-state index in [1.165, 1.54) is 23.1 Å². The number of hydrogen-bond acceptors (Lipinski definition) is 7. The van der Waals surface area contributed by atoms with Crippen molar-refractivity contribution in [2.24, 2.45) is 0 Å². The fraction of sp³-hybridized carbons (Fsp3) is 0.286. The number of rotatable bonds is 6. The van der Waals surface area contributed by atoms with Gasteiger partial charge < -0.3 is 15.3 Å². The summed E-state index contributed by atoms with van der Waals surface area (Å²) in [4.78, 5) is 28.8. The van der Waals surface area contributed by atoms with Crippen LogP contribution in [0.15, 0.2) is 27.3 Å². The molecular formula is C14H15N5O2S2. The molecule has 7 nitrogen and oxygen atoms in total. The van der Waals surface area contributed by atoms with Gasteiger partial charge in [-0.05, 0) is 32.0 Å². The van der Waals surface area contributed by atoms with Crippen LogP contribution in [0.5, 0.6) is 0 Å². The third-order valence-corrected chi connectivity index (χ3v) is 4.97. The third kappa shape index (κ3) is 3.80. The highest BCUT2D eigenvalue weighted by Gasteiger charge is 2.11. The van der Waals surface area contributed by atoms with Gasteiger partial charge >= 0.3 is 5.69 Å². The first-order chi connectivity index (χ1) is 11.0. The van der Waals surface area contributed by atoms with Gasteiger partial charge in [-0.25, -0.2) is 4.79 Å². The molecule has 0 saturated carbocycles. The average molecular weight is 349 g/mol. The molecule has 0 radical (unpaired) electrons. The maximum Gasteiger partial charge on any atom is 0.323 e. The molecular weight excluding hydrogens is 334 g/mol. The minimum absolute atomic E-state index is 0.0208. The number of Topliss-reactive ketones (excluding diaryl/α,β-unsaturated/α-hetero) is 1. The smallest absolute Gasteiger partial charge is 0.323 e. The lowest BCUT2D eigenvalue weighted by Crippen LogP contribution is -2.08. The van der Waals surface area contributed by atoms with Crippen LogP contribution in [-0.4, -0.2) is 37.7 Å². The van der Waals surface area contributed by atoms with Gasteiger partial charge in [0.2, 0.25) is 5.13 Å². The Morgan fingerprint density at radius 3 is 2.87 bits per heavy atom. The van der Waals surface area contributed by atoms with Gasteiger partial charge in [-0.15, -0.1) is 10.2 Å². The number of hydrogen-bond donors (Lipinski definition) is 3. The Labute approximate surface area is 139 Å². The number of thioether (sulfide) groups is 1. The Morgan fingerprint density at radius 1 is 1.30 bits per heavy atom. The fourth-order valence-corrected chi connectivity index (χ4v) is 3.78. The fourth-order valence-electron chi connectivity index (χ4n) is 1.99. The summed E-state index contributed by atoms with van der Waals surface area (Å²) in [5, 5.41) is 12.0. The van der Waals surface area contributed by atoms with Crippen molar-refractivity contribution in [1.29, 1.82) is 0 Å². The number of imidazole rings is 1. The number of ketones is 1. The number of fused-ring (bicyclic) bond motifs is 1. The number of aromatic amines is 2. The zero-order valence-corrected chi connectivity index (χ0v) is 14.2. The first kappa shape index (κ1) is 15.8. The van der Waals surface area contributed by atoms with Crippen LogP contribution in [0.2, 0.25) is 0 Å². The summed E-state index contributed by atoms with van der Waals surface area (Å²) in [5.74, 6) is 0.253. The van der Waals surface area contributed by atoms with E-state index in [2.05, 4.69) is 25.5 Å². The molecule has 1 aromatic carbocycles. The van der Waals surface area contributed by atoms with Crippen LogP contribution < -0.4 is 11.0 Å². The molecule has 0 atom stereocenters. The third-order valence-electron chi connectivity index (χ3n) is 2.98. The van der Waals surface area contributed by atoms with Crippen LogP contribution in [0.1, 0.15) is 24.2 Å². The second-order valence-corrected chi connectivity index (χ2v) is 7.42. The van der Waals surface area contributed by atoms with Gasteiger partial charge in [-0.3, -0.25) is 4.79 Å². The largest absolute Gasteiger partial charge is 0.358 e. The summed E-state index contributed by atoms with van der Waals surface area (Å²) in [7, 11) is 0. The van der Waals surface area contributed by atoms with Crippen molar-refractivity contribution in [2.45, 2.75) is 24.2 Å². The number of benzene rings is 1. The summed E-state index contributed by atoms with van der Waals surface area (Å²) >= 11 is 2.79. The number of H-pyrrole nitrogens is 2. The van der Waals surface area contributed by atoms with Gasteiger partial charge in [0.15, 0.2) is 10.1 Å². The number of anilines is 1. The predicted octanol–water partition coefficient (Wildman–Crippen LogP) is 2.50. The molecule has 9 heteroatoms. The number of carbonyl (C=O) groups is 1. The van der Waals surface area contributed by atoms with Gasteiger partial charge in [0.05, 0.1) is 16.8 Å². The van der Waals surface area contributed by atoms with Crippen LogP contribution in [-0.2, 0) is 0 Å². The molecule has 0 unspecified atom stereocenters. The first-order valence-corrected chi connectivity index (χ1v) is 8.79. The zero-order valence-electron chi connectivity index (χ0n) is 12.5. The quantitative estimate of drug-likeness (QED) is 0.467. The van der Waals surface area contributed by atoms with Gasteiger partial charge in [-0.2, -0.15) is 0 Å². The molecule has 0 fully saturated rings. The van der Waals surface area contributed by atoms with Gasteiger partial charge in [0.25, 0.3) is 0 Å². The molecule has 0 amide bonds. The number of nitrogens with one attached hydrogen (secondary N) is 3. The van der Waals surface area contributed by atoms with E-state index in [1.807, 2.05) is 13.8 Å². The van der Waals surface area contributed by atoms with Crippen molar-refractivity contribution < 1.29 is 4.79 Å². The van der Waals surface area contributed by atoms with E-state index in [1.54, 1.807) is 18.2 Å². The SMILES string of the molecule is CC(C)Nc1nnc(SCC(=O)c2ccc3[nH]c(=O)[nH]c3c2)s1. The van der Waals surface area contributed by atoms with Crippen molar-refractivity contribution in [1.82, 2.24) is 20.2 Å². The van der Waals surface area contributed by atoms with E-state index in [-0.39, 0.29) is 23.3 Å². The normalized spacial score (nSPS) is 11.3. The number of aromatic nitrogens is 4. The molecule has 120 valence electrons. The topological polar surface area (TPSA) is 104 Å². The summed E-state index contributed by atoms with van der Waals surface area (Å²) in [6.45, 7) is 4.05. The Bertz CT molecular complexity index is 896. The molecule has 0 saturated heterocycles. The van der Waals surface area contributed by atoms with E-state index in [0.717, 1.165) is 9.47 Å². The van der Waals surface area contributed by atoms with Crippen molar-refractivity contribution in [3.63, 3.8) is 0 Å². The molecule has 0 spiro atoms. The van der Waals surface area contributed by atoms with Gasteiger partial charge in [0.1, 0.15) is 0 Å². The second kappa shape index (κ2) is 6.55. The van der Waals surface area contributed by atoms with E-state index in [9.17, 15) is 9.59 Å². The second-order valence-electron chi connectivity index (χ2n) is 5.22. The lowest BCUT2D eigenvalue weighted by Gasteiger charge is -2.03. The Balaban J connectivity index is 1.66. The Morgan fingerprint density at radius 2 is 2.09 bits per heavy atom.